The van der Waals surface area contributed by atoms with Crippen LogP contribution < -0.4 is 4.90 Å². The maximum absolute atomic E-state index is 12.9. The number of rotatable bonds is 4. The van der Waals surface area contributed by atoms with E-state index < -0.39 is 0 Å². The molecular formula is C17H12ClN3O3S. The summed E-state index contributed by atoms with van der Waals surface area (Å²) in [4.78, 5) is 19.0. The molecule has 1 aromatic carbocycles. The number of carbonyl (C=O) groups excluding carboxylic acids is 1. The number of aryl methyl sites for hydroxylation is 1. The number of para-hydroxylation sites is 1. The third kappa shape index (κ3) is 3.04. The molecular weight excluding hydrogens is 362 g/mol. The van der Waals surface area contributed by atoms with Crippen molar-refractivity contribution in [1.29, 1.82) is 0 Å². The highest BCUT2D eigenvalue weighted by Crippen LogP contribution is 2.34. The Bertz CT molecular complexity index is 1040. The van der Waals surface area contributed by atoms with Crippen LogP contribution in [0.1, 0.15) is 22.0 Å². The minimum Gasteiger partial charge on any atom is -0.467 e. The predicted octanol–water partition coefficient (Wildman–Crippen LogP) is 4.69. The molecule has 0 N–H and O–H groups in total. The first kappa shape index (κ1) is 15.9. The van der Waals surface area contributed by atoms with Crippen molar-refractivity contribution >= 4 is 44.2 Å². The Balaban J connectivity index is 1.78. The van der Waals surface area contributed by atoms with Crippen molar-refractivity contribution in [2.24, 2.45) is 0 Å². The molecule has 3 heterocycles. The van der Waals surface area contributed by atoms with Crippen LogP contribution in [-0.2, 0) is 6.54 Å². The summed E-state index contributed by atoms with van der Waals surface area (Å²) in [7, 11) is 0. The minimum atomic E-state index is -0.341. The Morgan fingerprint density at radius 2 is 2.20 bits per heavy atom. The SMILES string of the molecule is Cc1cc(C(=O)N(Cc2ccco2)c2nc3c(Cl)cccc3s2)on1. The van der Waals surface area contributed by atoms with E-state index in [1.165, 1.54) is 16.2 Å². The molecule has 25 heavy (non-hydrogen) atoms. The normalized spacial score (nSPS) is 11.1. The van der Waals surface area contributed by atoms with E-state index in [9.17, 15) is 4.79 Å². The Hall–Kier alpha value is -2.64. The van der Waals surface area contributed by atoms with E-state index >= 15 is 0 Å². The summed E-state index contributed by atoms with van der Waals surface area (Å²) < 4.78 is 11.4. The molecule has 4 aromatic rings. The Kier molecular flexibility index (Phi) is 4.03. The van der Waals surface area contributed by atoms with Crippen molar-refractivity contribution in [1.82, 2.24) is 10.1 Å². The first-order valence-electron chi connectivity index (χ1n) is 7.44. The molecule has 6 nitrogen and oxygen atoms in total. The standard InChI is InChI=1S/C17H12ClN3O3S/c1-10-8-13(24-20-10)16(22)21(9-11-4-3-7-23-11)17-19-15-12(18)5-2-6-14(15)25-17/h2-8H,9H2,1H3. The van der Waals surface area contributed by atoms with Gasteiger partial charge in [-0.05, 0) is 31.2 Å². The number of carbonyl (C=O) groups is 1. The lowest BCUT2D eigenvalue weighted by atomic mass is 10.3. The van der Waals surface area contributed by atoms with Crippen molar-refractivity contribution in [3.63, 3.8) is 0 Å². The van der Waals surface area contributed by atoms with Gasteiger partial charge in [-0.2, -0.15) is 0 Å². The first-order valence-corrected chi connectivity index (χ1v) is 8.64. The number of benzene rings is 1. The molecule has 0 aliphatic heterocycles. The highest BCUT2D eigenvalue weighted by molar-refractivity contribution is 7.22. The van der Waals surface area contributed by atoms with Crippen molar-refractivity contribution in [3.05, 3.63) is 64.9 Å². The van der Waals surface area contributed by atoms with Crippen LogP contribution >= 0.6 is 22.9 Å². The fourth-order valence-electron chi connectivity index (χ4n) is 2.40. The molecule has 8 heteroatoms. The third-order valence-corrected chi connectivity index (χ3v) is 4.92. The molecule has 0 saturated heterocycles. The quantitative estimate of drug-likeness (QED) is 0.519. The fraction of sp³-hybridized carbons (Fsp3) is 0.118. The molecule has 0 atom stereocenters. The van der Waals surface area contributed by atoms with Gasteiger partial charge in [0, 0.05) is 6.07 Å². The van der Waals surface area contributed by atoms with Crippen LogP contribution in [0.5, 0.6) is 0 Å². The molecule has 0 unspecified atom stereocenters. The highest BCUT2D eigenvalue weighted by Gasteiger charge is 2.26. The molecule has 0 spiro atoms. The second-order valence-electron chi connectivity index (χ2n) is 5.39. The largest absolute Gasteiger partial charge is 0.467 e. The third-order valence-electron chi connectivity index (χ3n) is 3.57. The summed E-state index contributed by atoms with van der Waals surface area (Å²) in [5.74, 6) is 0.441. The lowest BCUT2D eigenvalue weighted by Gasteiger charge is -2.16. The van der Waals surface area contributed by atoms with Gasteiger partial charge in [0.1, 0.15) is 11.3 Å². The Labute approximate surface area is 151 Å². The van der Waals surface area contributed by atoms with Crippen LogP contribution in [0, 0.1) is 6.92 Å². The predicted molar refractivity (Wildman–Crippen MR) is 95.1 cm³/mol. The van der Waals surface area contributed by atoms with Crippen molar-refractivity contribution in [2.45, 2.75) is 13.5 Å². The fourth-order valence-corrected chi connectivity index (χ4v) is 3.66. The summed E-state index contributed by atoms with van der Waals surface area (Å²) in [5, 5.41) is 4.84. The summed E-state index contributed by atoms with van der Waals surface area (Å²) in [6.45, 7) is 1.98. The first-order chi connectivity index (χ1) is 12.1. The van der Waals surface area contributed by atoms with Gasteiger partial charge in [0.25, 0.3) is 5.91 Å². The van der Waals surface area contributed by atoms with Crippen molar-refractivity contribution in [2.75, 3.05) is 4.90 Å². The van der Waals surface area contributed by atoms with Gasteiger partial charge in [0.15, 0.2) is 5.13 Å². The molecule has 0 aliphatic rings. The van der Waals surface area contributed by atoms with Gasteiger partial charge >= 0.3 is 0 Å². The van der Waals surface area contributed by atoms with Crippen LogP contribution in [-0.4, -0.2) is 16.0 Å². The van der Waals surface area contributed by atoms with E-state index in [0.717, 1.165) is 4.70 Å². The van der Waals surface area contributed by atoms with E-state index in [-0.39, 0.29) is 18.2 Å². The van der Waals surface area contributed by atoms with Gasteiger partial charge in [0.05, 0.1) is 28.2 Å². The summed E-state index contributed by atoms with van der Waals surface area (Å²) in [6.07, 6.45) is 1.56. The van der Waals surface area contributed by atoms with Crippen molar-refractivity contribution < 1.29 is 13.7 Å². The van der Waals surface area contributed by atoms with E-state index in [4.69, 9.17) is 20.5 Å². The zero-order valence-corrected chi connectivity index (χ0v) is 14.7. The van der Waals surface area contributed by atoms with E-state index in [0.29, 0.717) is 27.1 Å². The highest BCUT2D eigenvalue weighted by atomic mass is 35.5. The lowest BCUT2D eigenvalue weighted by Crippen LogP contribution is -2.29. The number of hydrogen-bond acceptors (Lipinski definition) is 6. The molecule has 0 saturated carbocycles. The van der Waals surface area contributed by atoms with Gasteiger partial charge in [-0.3, -0.25) is 9.69 Å². The second kappa shape index (κ2) is 6.34. The number of amides is 1. The van der Waals surface area contributed by atoms with E-state index in [2.05, 4.69) is 10.1 Å². The topological polar surface area (TPSA) is 72.4 Å². The van der Waals surface area contributed by atoms with E-state index in [1.54, 1.807) is 37.5 Å². The number of fused-ring (bicyclic) bond motifs is 1. The summed E-state index contributed by atoms with van der Waals surface area (Å²) >= 11 is 7.59. The molecule has 126 valence electrons. The number of nitrogens with zero attached hydrogens (tertiary/aromatic N) is 3. The lowest BCUT2D eigenvalue weighted by molar-refractivity contribution is 0.0947. The number of hydrogen-bond donors (Lipinski definition) is 0. The summed E-state index contributed by atoms with van der Waals surface area (Å²) in [5.41, 5.74) is 1.30. The maximum Gasteiger partial charge on any atom is 0.299 e. The Morgan fingerprint density at radius 1 is 1.32 bits per heavy atom. The minimum absolute atomic E-state index is 0.148. The van der Waals surface area contributed by atoms with Crippen LogP contribution in [0.25, 0.3) is 10.2 Å². The number of anilines is 1. The molecule has 0 radical (unpaired) electrons. The average Bonchev–Trinajstić information content (AvgIpc) is 3.32. The molecule has 0 aliphatic carbocycles. The molecule has 0 fully saturated rings. The number of thiazole rings is 1. The monoisotopic (exact) mass is 373 g/mol. The van der Waals surface area contributed by atoms with Crippen molar-refractivity contribution in [3.8, 4) is 0 Å². The molecule has 3 aromatic heterocycles. The molecule has 4 rings (SSSR count). The zero-order valence-electron chi connectivity index (χ0n) is 13.1. The van der Waals surface area contributed by atoms with Gasteiger partial charge in [-0.25, -0.2) is 4.98 Å². The van der Waals surface area contributed by atoms with Gasteiger partial charge in [-0.1, -0.05) is 34.2 Å². The number of aromatic nitrogens is 2. The molecule has 1 amide bonds. The van der Waals surface area contributed by atoms with Gasteiger partial charge in [0.2, 0.25) is 5.76 Å². The number of halogens is 1. The second-order valence-corrected chi connectivity index (χ2v) is 6.80. The van der Waals surface area contributed by atoms with Crippen LogP contribution in [0.2, 0.25) is 5.02 Å². The van der Waals surface area contributed by atoms with E-state index in [1.807, 2.05) is 12.1 Å². The Morgan fingerprint density at radius 3 is 2.88 bits per heavy atom. The van der Waals surface area contributed by atoms with Gasteiger partial charge < -0.3 is 8.94 Å². The van der Waals surface area contributed by atoms with Crippen LogP contribution in [0.3, 0.4) is 0 Å². The maximum atomic E-state index is 12.9. The average molecular weight is 374 g/mol. The van der Waals surface area contributed by atoms with Crippen LogP contribution in [0.15, 0.2) is 51.6 Å². The molecule has 0 bridgehead atoms. The smallest absolute Gasteiger partial charge is 0.299 e. The summed E-state index contributed by atoms with van der Waals surface area (Å²) in [6, 6.07) is 10.7. The van der Waals surface area contributed by atoms with Gasteiger partial charge in [-0.15, -0.1) is 0 Å². The number of furan rings is 1. The zero-order chi connectivity index (χ0) is 17.4. The van der Waals surface area contributed by atoms with Crippen LogP contribution in [0.4, 0.5) is 5.13 Å².